The number of hydrogen-bond acceptors (Lipinski definition) is 6. The standard InChI is InChI=1S/C20H21BrN2O4S2/c1-29(26,27)15-8-9-22-20-17(15)19(28-14-6-4-13(21)5-7-14)18-12(11-16(24)25)3-2-10-23(18)20/h4-9,12,18-19H,2-3,10-11H2,1H3,(H,24,25). The van der Waals surface area contributed by atoms with Gasteiger partial charge in [0.25, 0.3) is 0 Å². The fourth-order valence-electron chi connectivity index (χ4n) is 4.43. The first-order valence-corrected chi connectivity index (χ1v) is 12.9. The molecule has 6 nitrogen and oxygen atoms in total. The summed E-state index contributed by atoms with van der Waals surface area (Å²) in [7, 11) is -3.45. The van der Waals surface area contributed by atoms with Gasteiger partial charge in [0.1, 0.15) is 5.82 Å². The third-order valence-corrected chi connectivity index (χ3v) is 8.52. The van der Waals surface area contributed by atoms with Crippen molar-refractivity contribution in [3.8, 4) is 0 Å². The van der Waals surface area contributed by atoms with Crippen LogP contribution in [0.3, 0.4) is 0 Å². The zero-order valence-electron chi connectivity index (χ0n) is 15.8. The summed E-state index contributed by atoms with van der Waals surface area (Å²) in [5.74, 6) is -0.199. The third-order valence-electron chi connectivity index (χ3n) is 5.53. The molecule has 9 heteroatoms. The smallest absolute Gasteiger partial charge is 0.303 e. The monoisotopic (exact) mass is 496 g/mol. The molecule has 0 spiro atoms. The number of aromatic nitrogens is 1. The van der Waals surface area contributed by atoms with Crippen LogP contribution in [0.25, 0.3) is 0 Å². The molecule has 3 heterocycles. The fraction of sp³-hybridized carbons (Fsp3) is 0.400. The number of piperidine rings is 1. The second-order valence-corrected chi connectivity index (χ2v) is 11.6. The molecular formula is C20H21BrN2O4S2. The topological polar surface area (TPSA) is 87.6 Å². The van der Waals surface area contributed by atoms with Crippen molar-refractivity contribution in [3.05, 3.63) is 46.6 Å². The molecule has 0 bridgehead atoms. The van der Waals surface area contributed by atoms with E-state index in [0.29, 0.717) is 16.3 Å². The molecule has 4 rings (SSSR count). The van der Waals surface area contributed by atoms with E-state index in [1.165, 1.54) is 6.26 Å². The van der Waals surface area contributed by atoms with Crippen LogP contribution < -0.4 is 4.90 Å². The summed E-state index contributed by atoms with van der Waals surface area (Å²) in [4.78, 5) is 19.5. The molecule has 29 heavy (non-hydrogen) atoms. The largest absolute Gasteiger partial charge is 0.481 e. The maximum atomic E-state index is 12.5. The molecule has 154 valence electrons. The van der Waals surface area contributed by atoms with E-state index in [1.54, 1.807) is 24.0 Å². The van der Waals surface area contributed by atoms with Gasteiger partial charge in [0.05, 0.1) is 22.6 Å². The van der Waals surface area contributed by atoms with Crippen LogP contribution in [0.1, 0.15) is 30.1 Å². The molecule has 1 aromatic carbocycles. The lowest BCUT2D eigenvalue weighted by Gasteiger charge is -2.39. The molecule has 0 saturated carbocycles. The van der Waals surface area contributed by atoms with Crippen LogP contribution in [0.5, 0.6) is 0 Å². The molecule has 2 aromatic rings. The Kier molecular flexibility index (Phi) is 5.65. The quantitative estimate of drug-likeness (QED) is 0.664. The van der Waals surface area contributed by atoms with Crippen molar-refractivity contribution in [2.75, 3.05) is 17.7 Å². The summed E-state index contributed by atoms with van der Waals surface area (Å²) in [6, 6.07) is 9.34. The highest BCUT2D eigenvalue weighted by Crippen LogP contribution is 2.55. The minimum atomic E-state index is -3.45. The molecule has 0 aliphatic carbocycles. The van der Waals surface area contributed by atoms with Crippen molar-refractivity contribution in [1.29, 1.82) is 0 Å². The number of hydrogen-bond donors (Lipinski definition) is 1. The van der Waals surface area contributed by atoms with Gasteiger partial charge in [-0.1, -0.05) is 15.9 Å². The lowest BCUT2D eigenvalue weighted by atomic mass is 9.85. The highest BCUT2D eigenvalue weighted by atomic mass is 79.9. The number of anilines is 1. The molecule has 3 atom stereocenters. The highest BCUT2D eigenvalue weighted by Gasteiger charge is 2.48. The van der Waals surface area contributed by atoms with E-state index in [-0.39, 0.29) is 23.6 Å². The Labute approximate surface area is 182 Å². The lowest BCUT2D eigenvalue weighted by Crippen LogP contribution is -2.45. The van der Waals surface area contributed by atoms with Crippen molar-refractivity contribution in [2.45, 2.75) is 40.3 Å². The maximum absolute atomic E-state index is 12.5. The summed E-state index contributed by atoms with van der Waals surface area (Å²) in [5.41, 5.74) is 0.713. The van der Waals surface area contributed by atoms with Gasteiger partial charge in [0, 0.05) is 33.9 Å². The van der Waals surface area contributed by atoms with Gasteiger partial charge in [-0.25, -0.2) is 13.4 Å². The Morgan fingerprint density at radius 2 is 2.03 bits per heavy atom. The number of fused-ring (bicyclic) bond motifs is 3. The molecule has 1 fully saturated rings. The Morgan fingerprint density at radius 3 is 2.69 bits per heavy atom. The van der Waals surface area contributed by atoms with Crippen molar-refractivity contribution in [1.82, 2.24) is 4.98 Å². The van der Waals surface area contributed by atoms with Gasteiger partial charge in [-0.05, 0) is 49.1 Å². The molecule has 3 unspecified atom stereocenters. The second kappa shape index (κ2) is 7.92. The number of carboxylic acids is 1. The molecule has 0 amide bonds. The normalized spacial score (nSPS) is 23.5. The van der Waals surface area contributed by atoms with E-state index in [4.69, 9.17) is 0 Å². The number of nitrogens with zero attached hydrogens (tertiary/aromatic N) is 2. The predicted octanol–water partition coefficient (Wildman–Crippen LogP) is 4.15. The maximum Gasteiger partial charge on any atom is 0.303 e. The Bertz CT molecular complexity index is 1040. The SMILES string of the molecule is CS(=O)(=O)c1ccnc2c1C(Sc1ccc(Br)cc1)C1C(CC(=O)O)CCCN21. The first-order valence-electron chi connectivity index (χ1n) is 9.35. The summed E-state index contributed by atoms with van der Waals surface area (Å²) in [6.07, 6.45) is 4.51. The van der Waals surface area contributed by atoms with Gasteiger partial charge < -0.3 is 10.0 Å². The van der Waals surface area contributed by atoms with Gasteiger partial charge in [0.2, 0.25) is 0 Å². The number of thioether (sulfide) groups is 1. The summed E-state index contributed by atoms with van der Waals surface area (Å²) in [6.45, 7) is 0.755. The van der Waals surface area contributed by atoms with E-state index in [0.717, 1.165) is 28.8 Å². The van der Waals surface area contributed by atoms with Crippen LogP contribution in [0.15, 0.2) is 50.8 Å². The van der Waals surface area contributed by atoms with E-state index < -0.39 is 15.8 Å². The molecule has 1 aromatic heterocycles. The number of carbonyl (C=O) groups is 1. The predicted molar refractivity (Wildman–Crippen MR) is 116 cm³/mol. The second-order valence-electron chi connectivity index (χ2n) is 7.50. The minimum absolute atomic E-state index is 0.0594. The highest BCUT2D eigenvalue weighted by molar-refractivity contribution is 9.10. The van der Waals surface area contributed by atoms with Crippen molar-refractivity contribution in [2.24, 2.45) is 5.92 Å². The Morgan fingerprint density at radius 1 is 1.31 bits per heavy atom. The Balaban J connectivity index is 1.84. The number of pyridine rings is 1. The third kappa shape index (κ3) is 4.04. The summed E-state index contributed by atoms with van der Waals surface area (Å²) in [5, 5.41) is 9.25. The van der Waals surface area contributed by atoms with E-state index in [9.17, 15) is 18.3 Å². The molecule has 1 N–H and O–H groups in total. The van der Waals surface area contributed by atoms with Gasteiger partial charge in [-0.15, -0.1) is 11.8 Å². The van der Waals surface area contributed by atoms with E-state index >= 15 is 0 Å². The molecule has 2 aliphatic heterocycles. The van der Waals surface area contributed by atoms with Crippen molar-refractivity contribution in [3.63, 3.8) is 0 Å². The van der Waals surface area contributed by atoms with Gasteiger partial charge in [-0.2, -0.15) is 0 Å². The average molecular weight is 497 g/mol. The van der Waals surface area contributed by atoms with Crippen molar-refractivity contribution >= 4 is 49.3 Å². The Hall–Kier alpha value is -1.58. The number of rotatable bonds is 5. The van der Waals surface area contributed by atoms with Crippen LogP contribution in [0.2, 0.25) is 0 Å². The lowest BCUT2D eigenvalue weighted by molar-refractivity contribution is -0.138. The number of benzene rings is 1. The first kappa shape index (κ1) is 20.7. The van der Waals surface area contributed by atoms with Crippen LogP contribution in [0.4, 0.5) is 5.82 Å². The molecular weight excluding hydrogens is 476 g/mol. The van der Waals surface area contributed by atoms with Crippen LogP contribution >= 0.6 is 27.7 Å². The number of aliphatic carboxylic acids is 1. The van der Waals surface area contributed by atoms with Crippen LogP contribution in [-0.4, -0.2) is 43.3 Å². The first-order chi connectivity index (χ1) is 13.8. The molecule has 0 radical (unpaired) electrons. The van der Waals surface area contributed by atoms with E-state index in [1.807, 2.05) is 24.3 Å². The number of sulfone groups is 1. The van der Waals surface area contributed by atoms with Gasteiger partial charge in [0.15, 0.2) is 9.84 Å². The molecule has 2 aliphatic rings. The number of halogens is 1. The summed E-state index contributed by atoms with van der Waals surface area (Å²) < 4.78 is 26.1. The average Bonchev–Trinajstić information content (AvgIpc) is 2.97. The summed E-state index contributed by atoms with van der Waals surface area (Å²) >= 11 is 5.03. The molecule has 1 saturated heterocycles. The van der Waals surface area contributed by atoms with Crippen LogP contribution in [-0.2, 0) is 14.6 Å². The van der Waals surface area contributed by atoms with Gasteiger partial charge in [-0.3, -0.25) is 4.79 Å². The minimum Gasteiger partial charge on any atom is -0.481 e. The van der Waals surface area contributed by atoms with E-state index in [2.05, 4.69) is 25.8 Å². The fourth-order valence-corrected chi connectivity index (χ4v) is 7.14. The number of carboxylic acid groups (broad SMARTS) is 1. The van der Waals surface area contributed by atoms with Crippen molar-refractivity contribution < 1.29 is 18.3 Å². The van der Waals surface area contributed by atoms with Gasteiger partial charge >= 0.3 is 5.97 Å². The zero-order valence-corrected chi connectivity index (χ0v) is 19.0. The van der Waals surface area contributed by atoms with Crippen LogP contribution in [0, 0.1) is 5.92 Å². The zero-order chi connectivity index (χ0) is 20.8.